The molecule has 1 aliphatic rings. The number of hydrogen-bond acceptors (Lipinski definition) is 3. The molecule has 0 amide bonds. The monoisotopic (exact) mass is 324 g/mol. The number of nitrogens with zero attached hydrogens (tertiary/aromatic N) is 3. The molecule has 0 fully saturated rings. The molecule has 23 heavy (non-hydrogen) atoms. The molecule has 2 heterocycles. The minimum Gasteiger partial charge on any atom is -0.383 e. The molecule has 0 saturated heterocycles. The van der Waals surface area contributed by atoms with Gasteiger partial charge in [-0.2, -0.15) is 0 Å². The molecule has 4 rings (SSSR count). The van der Waals surface area contributed by atoms with E-state index in [1.54, 1.807) is 0 Å². The lowest BCUT2D eigenvalue weighted by Crippen LogP contribution is -2.09. The Bertz CT molecular complexity index is 884. The van der Waals surface area contributed by atoms with Gasteiger partial charge in [0.1, 0.15) is 5.82 Å². The quantitative estimate of drug-likeness (QED) is 0.720. The maximum Gasteiger partial charge on any atom is 0.168 e. The lowest BCUT2D eigenvalue weighted by Gasteiger charge is -2.13. The van der Waals surface area contributed by atoms with Gasteiger partial charge in [0.2, 0.25) is 0 Å². The Hall–Kier alpha value is -2.33. The summed E-state index contributed by atoms with van der Waals surface area (Å²) in [5.41, 5.74) is 4.33. The van der Waals surface area contributed by atoms with Crippen molar-refractivity contribution in [2.45, 2.75) is 19.8 Å². The summed E-state index contributed by atoms with van der Waals surface area (Å²) in [6, 6.07) is 14.1. The smallest absolute Gasteiger partial charge is 0.168 e. The number of nitrogens with one attached hydrogen (secondary N) is 1. The highest BCUT2D eigenvalue weighted by molar-refractivity contribution is 6.31. The zero-order valence-electron chi connectivity index (χ0n) is 13.0. The van der Waals surface area contributed by atoms with Crippen LogP contribution < -0.4 is 5.32 Å². The third-order valence-electron chi connectivity index (χ3n) is 4.31. The van der Waals surface area contributed by atoms with E-state index in [1.165, 1.54) is 5.56 Å². The maximum absolute atomic E-state index is 6.17. The van der Waals surface area contributed by atoms with Crippen LogP contribution >= 0.6 is 11.6 Å². The first-order valence-corrected chi connectivity index (χ1v) is 8.08. The zero-order chi connectivity index (χ0) is 16.0. The zero-order valence-corrected chi connectivity index (χ0v) is 13.8. The van der Waals surface area contributed by atoms with E-state index in [1.807, 2.05) is 30.3 Å². The molecule has 116 valence electrons. The number of anilines is 1. The third kappa shape index (κ3) is 2.30. The first-order valence-electron chi connectivity index (χ1n) is 7.70. The van der Waals surface area contributed by atoms with Crippen LogP contribution in [0.4, 0.5) is 5.69 Å². The molecule has 1 aliphatic heterocycles. The van der Waals surface area contributed by atoms with E-state index < -0.39 is 0 Å². The predicted molar refractivity (Wildman–Crippen MR) is 93.4 cm³/mol. The van der Waals surface area contributed by atoms with Crippen molar-refractivity contribution in [3.8, 4) is 17.1 Å². The SMILES string of the molecule is Cc1ccccc1-c1nnc2n1-c1ccc(Cl)cc1NC[C@H]2C. The van der Waals surface area contributed by atoms with E-state index in [0.717, 1.165) is 40.2 Å². The Kier molecular flexibility index (Phi) is 3.34. The average Bonchev–Trinajstić information content (AvgIpc) is 2.92. The van der Waals surface area contributed by atoms with Gasteiger partial charge in [-0.3, -0.25) is 4.57 Å². The Labute approximate surface area is 140 Å². The second-order valence-corrected chi connectivity index (χ2v) is 6.41. The lowest BCUT2D eigenvalue weighted by atomic mass is 10.1. The fourth-order valence-corrected chi connectivity index (χ4v) is 3.22. The normalized spacial score (nSPS) is 16.2. The van der Waals surface area contributed by atoms with Crippen molar-refractivity contribution in [2.24, 2.45) is 0 Å². The maximum atomic E-state index is 6.17. The molecule has 5 heteroatoms. The van der Waals surface area contributed by atoms with Crippen LogP contribution in [0, 0.1) is 6.92 Å². The second-order valence-electron chi connectivity index (χ2n) is 5.98. The molecule has 1 aromatic heterocycles. The molecular weight excluding hydrogens is 308 g/mol. The van der Waals surface area contributed by atoms with Crippen molar-refractivity contribution < 1.29 is 0 Å². The van der Waals surface area contributed by atoms with Crippen LogP contribution in [0.2, 0.25) is 5.02 Å². The van der Waals surface area contributed by atoms with Crippen molar-refractivity contribution in [2.75, 3.05) is 11.9 Å². The van der Waals surface area contributed by atoms with E-state index in [-0.39, 0.29) is 5.92 Å². The average molecular weight is 325 g/mol. The van der Waals surface area contributed by atoms with Crippen molar-refractivity contribution in [1.29, 1.82) is 0 Å². The topological polar surface area (TPSA) is 42.7 Å². The summed E-state index contributed by atoms with van der Waals surface area (Å²) in [6.07, 6.45) is 0. The Morgan fingerprint density at radius 3 is 2.83 bits per heavy atom. The molecule has 3 aromatic rings. The minimum atomic E-state index is 0.256. The van der Waals surface area contributed by atoms with Crippen molar-refractivity contribution in [1.82, 2.24) is 14.8 Å². The van der Waals surface area contributed by atoms with Crippen molar-refractivity contribution in [3.05, 3.63) is 58.9 Å². The Morgan fingerprint density at radius 2 is 2.00 bits per heavy atom. The molecule has 1 N–H and O–H groups in total. The second kappa shape index (κ2) is 5.39. The fraction of sp³-hybridized carbons (Fsp3) is 0.222. The van der Waals surface area contributed by atoms with Crippen LogP contribution in [-0.2, 0) is 0 Å². The largest absolute Gasteiger partial charge is 0.383 e. The van der Waals surface area contributed by atoms with Gasteiger partial charge in [0.25, 0.3) is 0 Å². The van der Waals surface area contributed by atoms with Crippen LogP contribution in [0.15, 0.2) is 42.5 Å². The molecule has 0 spiro atoms. The standard InChI is InChI=1S/C18H17ClN4/c1-11-5-3-4-6-14(11)18-22-21-17-12(2)10-20-15-9-13(19)7-8-16(15)23(17)18/h3-9,12,20H,10H2,1-2H3/t12-/m1/s1. The summed E-state index contributed by atoms with van der Waals surface area (Å²) >= 11 is 6.17. The number of hydrogen-bond donors (Lipinski definition) is 1. The summed E-state index contributed by atoms with van der Waals surface area (Å²) in [6.45, 7) is 5.06. The van der Waals surface area contributed by atoms with Crippen LogP contribution in [0.5, 0.6) is 0 Å². The third-order valence-corrected chi connectivity index (χ3v) is 4.55. The highest BCUT2D eigenvalue weighted by atomic mass is 35.5. The van der Waals surface area contributed by atoms with Gasteiger partial charge in [-0.05, 0) is 30.7 Å². The van der Waals surface area contributed by atoms with Gasteiger partial charge in [0.15, 0.2) is 5.82 Å². The van der Waals surface area contributed by atoms with Crippen LogP contribution in [-0.4, -0.2) is 21.3 Å². The molecule has 0 saturated carbocycles. The number of aryl methyl sites for hydroxylation is 1. The van der Waals surface area contributed by atoms with Crippen molar-refractivity contribution >= 4 is 17.3 Å². The molecule has 0 radical (unpaired) electrons. The summed E-state index contributed by atoms with van der Waals surface area (Å²) in [7, 11) is 0. The van der Waals surface area contributed by atoms with E-state index in [4.69, 9.17) is 11.6 Å². The molecule has 1 atom stereocenters. The molecular formula is C18H17ClN4. The number of halogens is 1. The van der Waals surface area contributed by atoms with Gasteiger partial charge in [0, 0.05) is 23.0 Å². The minimum absolute atomic E-state index is 0.256. The van der Waals surface area contributed by atoms with Crippen LogP contribution in [0.3, 0.4) is 0 Å². The summed E-state index contributed by atoms with van der Waals surface area (Å²) in [5.74, 6) is 2.10. The Morgan fingerprint density at radius 1 is 1.17 bits per heavy atom. The highest BCUT2D eigenvalue weighted by Crippen LogP contribution is 2.35. The molecule has 2 aromatic carbocycles. The fourth-order valence-electron chi connectivity index (χ4n) is 3.05. The molecule has 0 aliphatic carbocycles. The number of rotatable bonds is 1. The van der Waals surface area contributed by atoms with Gasteiger partial charge in [0.05, 0.1) is 11.4 Å². The van der Waals surface area contributed by atoms with Gasteiger partial charge in [-0.15, -0.1) is 10.2 Å². The highest BCUT2D eigenvalue weighted by Gasteiger charge is 2.25. The Balaban J connectivity index is 2.01. The number of benzene rings is 2. The number of aromatic nitrogens is 3. The van der Waals surface area contributed by atoms with Crippen molar-refractivity contribution in [3.63, 3.8) is 0 Å². The van der Waals surface area contributed by atoms with E-state index in [2.05, 4.69) is 46.1 Å². The van der Waals surface area contributed by atoms with E-state index in [0.29, 0.717) is 0 Å². The van der Waals surface area contributed by atoms with E-state index in [9.17, 15) is 0 Å². The van der Waals surface area contributed by atoms with Gasteiger partial charge in [-0.1, -0.05) is 42.8 Å². The molecule has 4 nitrogen and oxygen atoms in total. The van der Waals surface area contributed by atoms with Crippen LogP contribution in [0.25, 0.3) is 17.1 Å². The van der Waals surface area contributed by atoms with Gasteiger partial charge < -0.3 is 5.32 Å². The molecule has 0 unspecified atom stereocenters. The lowest BCUT2D eigenvalue weighted by molar-refractivity contribution is 0.725. The summed E-state index contributed by atoms with van der Waals surface area (Å²) in [4.78, 5) is 0. The first kappa shape index (κ1) is 14.3. The van der Waals surface area contributed by atoms with Gasteiger partial charge in [-0.25, -0.2) is 0 Å². The molecule has 0 bridgehead atoms. The van der Waals surface area contributed by atoms with E-state index >= 15 is 0 Å². The van der Waals surface area contributed by atoms with Crippen LogP contribution in [0.1, 0.15) is 24.2 Å². The first-order chi connectivity index (χ1) is 11.1. The summed E-state index contributed by atoms with van der Waals surface area (Å²) in [5, 5.41) is 13.2. The predicted octanol–water partition coefficient (Wildman–Crippen LogP) is 4.43. The van der Waals surface area contributed by atoms with Gasteiger partial charge >= 0.3 is 0 Å². The number of fused-ring (bicyclic) bond motifs is 3. The summed E-state index contributed by atoms with van der Waals surface area (Å²) < 4.78 is 2.15.